The Bertz CT molecular complexity index is 619. The number of rotatable bonds is 3. The Morgan fingerprint density at radius 2 is 1.86 bits per heavy atom. The topological polar surface area (TPSA) is 69.1 Å². The van der Waals surface area contributed by atoms with Crippen molar-refractivity contribution in [3.05, 3.63) is 10.8 Å². The van der Waals surface area contributed by atoms with Crippen molar-refractivity contribution < 1.29 is 0 Å². The molecule has 5 nitrogen and oxygen atoms in total. The standard InChI is InChI=1S/C15H23N5S/c16-15(8-4-5-9-15)10-12-19-20-13(17-18-14(20)21-12)11-6-2-1-3-7-11/h11H,1-10,16H2. The number of fused-ring (bicyclic) bond motifs is 1. The smallest absolute Gasteiger partial charge is 0.234 e. The minimum Gasteiger partial charge on any atom is -0.325 e. The Morgan fingerprint density at radius 3 is 2.62 bits per heavy atom. The zero-order chi connectivity index (χ0) is 14.3. The molecule has 0 atom stereocenters. The van der Waals surface area contributed by atoms with Crippen LogP contribution in [0.25, 0.3) is 4.96 Å². The van der Waals surface area contributed by atoms with Crippen LogP contribution in [0.1, 0.15) is 74.5 Å². The van der Waals surface area contributed by atoms with E-state index in [0.717, 1.165) is 35.1 Å². The van der Waals surface area contributed by atoms with Crippen molar-refractivity contribution in [1.82, 2.24) is 19.8 Å². The van der Waals surface area contributed by atoms with E-state index in [0.29, 0.717) is 5.92 Å². The SMILES string of the molecule is NC1(Cc2nn3c(C4CCCCC4)nnc3s2)CCCC1. The van der Waals surface area contributed by atoms with Gasteiger partial charge in [-0.05, 0) is 25.7 Å². The van der Waals surface area contributed by atoms with Gasteiger partial charge >= 0.3 is 0 Å². The number of aromatic nitrogens is 4. The molecule has 0 spiro atoms. The van der Waals surface area contributed by atoms with Crippen LogP contribution in [0.2, 0.25) is 0 Å². The fourth-order valence-corrected chi connectivity index (χ4v) is 4.91. The van der Waals surface area contributed by atoms with E-state index >= 15 is 0 Å². The first-order valence-electron chi connectivity index (χ1n) is 8.23. The molecule has 2 aromatic heterocycles. The van der Waals surface area contributed by atoms with Crippen molar-refractivity contribution in [1.29, 1.82) is 0 Å². The van der Waals surface area contributed by atoms with Gasteiger partial charge in [0.1, 0.15) is 5.01 Å². The van der Waals surface area contributed by atoms with E-state index in [9.17, 15) is 0 Å². The van der Waals surface area contributed by atoms with Gasteiger partial charge in [-0.3, -0.25) is 0 Å². The zero-order valence-corrected chi connectivity index (χ0v) is 13.2. The molecule has 2 aliphatic rings. The molecule has 0 saturated heterocycles. The first kappa shape index (κ1) is 13.6. The van der Waals surface area contributed by atoms with Crippen LogP contribution in [-0.4, -0.2) is 25.4 Å². The monoisotopic (exact) mass is 305 g/mol. The van der Waals surface area contributed by atoms with Crippen molar-refractivity contribution in [3.8, 4) is 0 Å². The van der Waals surface area contributed by atoms with Crippen LogP contribution in [0.3, 0.4) is 0 Å². The lowest BCUT2D eigenvalue weighted by atomic mass is 9.89. The van der Waals surface area contributed by atoms with E-state index in [4.69, 9.17) is 10.8 Å². The first-order valence-corrected chi connectivity index (χ1v) is 9.05. The van der Waals surface area contributed by atoms with Gasteiger partial charge in [-0.2, -0.15) is 9.61 Å². The van der Waals surface area contributed by atoms with Crippen LogP contribution >= 0.6 is 11.3 Å². The largest absolute Gasteiger partial charge is 0.325 e. The highest BCUT2D eigenvalue weighted by molar-refractivity contribution is 7.16. The summed E-state index contributed by atoms with van der Waals surface area (Å²) in [6, 6.07) is 0. The summed E-state index contributed by atoms with van der Waals surface area (Å²) in [4.78, 5) is 0.937. The van der Waals surface area contributed by atoms with Crippen molar-refractivity contribution in [2.24, 2.45) is 5.73 Å². The number of hydrogen-bond acceptors (Lipinski definition) is 5. The second kappa shape index (κ2) is 5.32. The van der Waals surface area contributed by atoms with Crippen molar-refractivity contribution in [2.75, 3.05) is 0 Å². The van der Waals surface area contributed by atoms with Crippen molar-refractivity contribution in [3.63, 3.8) is 0 Å². The summed E-state index contributed by atoms with van der Waals surface area (Å²) in [7, 11) is 0. The molecule has 2 N–H and O–H groups in total. The quantitative estimate of drug-likeness (QED) is 0.946. The fourth-order valence-electron chi connectivity index (χ4n) is 3.92. The van der Waals surface area contributed by atoms with E-state index in [-0.39, 0.29) is 5.54 Å². The molecule has 6 heteroatoms. The highest BCUT2D eigenvalue weighted by Gasteiger charge is 2.31. The van der Waals surface area contributed by atoms with E-state index in [2.05, 4.69) is 10.2 Å². The van der Waals surface area contributed by atoms with Gasteiger partial charge in [-0.15, -0.1) is 10.2 Å². The highest BCUT2D eigenvalue weighted by Crippen LogP contribution is 2.34. The maximum absolute atomic E-state index is 6.48. The van der Waals surface area contributed by atoms with Crippen LogP contribution < -0.4 is 5.73 Å². The third-order valence-electron chi connectivity index (χ3n) is 5.13. The number of hydrogen-bond donors (Lipinski definition) is 1. The maximum atomic E-state index is 6.48. The summed E-state index contributed by atoms with van der Waals surface area (Å²) in [5, 5.41) is 14.7. The average molecular weight is 305 g/mol. The summed E-state index contributed by atoms with van der Waals surface area (Å²) in [6.45, 7) is 0. The van der Waals surface area contributed by atoms with E-state index in [1.54, 1.807) is 11.3 Å². The van der Waals surface area contributed by atoms with Gasteiger partial charge in [0.05, 0.1) is 0 Å². The van der Waals surface area contributed by atoms with Crippen molar-refractivity contribution >= 4 is 16.3 Å². The van der Waals surface area contributed by atoms with Crippen LogP contribution in [0.4, 0.5) is 0 Å². The molecule has 2 heterocycles. The highest BCUT2D eigenvalue weighted by atomic mass is 32.1. The Labute approximate surface area is 128 Å². The predicted octanol–water partition coefficient (Wildman–Crippen LogP) is 3.05. The zero-order valence-electron chi connectivity index (χ0n) is 12.4. The predicted molar refractivity (Wildman–Crippen MR) is 83.6 cm³/mol. The second-order valence-electron chi connectivity index (χ2n) is 6.83. The van der Waals surface area contributed by atoms with Crippen molar-refractivity contribution in [2.45, 2.75) is 75.7 Å². The summed E-state index contributed by atoms with van der Waals surface area (Å²) in [6.07, 6.45) is 12.1. The molecule has 0 radical (unpaired) electrons. The van der Waals surface area contributed by atoms with Crippen LogP contribution in [0.15, 0.2) is 0 Å². The lowest BCUT2D eigenvalue weighted by Crippen LogP contribution is -2.38. The maximum Gasteiger partial charge on any atom is 0.234 e. The number of nitrogens with zero attached hydrogens (tertiary/aromatic N) is 4. The molecule has 4 rings (SSSR count). The minimum absolute atomic E-state index is 0.0334. The molecule has 0 aromatic carbocycles. The molecule has 2 saturated carbocycles. The van der Waals surface area contributed by atoms with Gasteiger partial charge in [0.2, 0.25) is 4.96 Å². The Kier molecular flexibility index (Phi) is 3.46. The van der Waals surface area contributed by atoms with E-state index in [1.807, 2.05) is 4.52 Å². The molecular formula is C15H23N5S. The second-order valence-corrected chi connectivity index (χ2v) is 7.87. The summed E-state index contributed by atoms with van der Waals surface area (Å²) in [5.74, 6) is 1.62. The van der Waals surface area contributed by atoms with Crippen LogP contribution in [0, 0.1) is 0 Å². The normalized spacial score (nSPS) is 23.1. The van der Waals surface area contributed by atoms with Gasteiger partial charge in [0.15, 0.2) is 5.82 Å². The molecule has 2 aliphatic carbocycles. The van der Waals surface area contributed by atoms with Gasteiger partial charge in [0, 0.05) is 17.9 Å². The Hall–Kier alpha value is -1.01. The Morgan fingerprint density at radius 1 is 1.10 bits per heavy atom. The molecule has 2 aromatic rings. The molecule has 0 amide bonds. The van der Waals surface area contributed by atoms with Gasteiger partial charge < -0.3 is 5.73 Å². The van der Waals surface area contributed by atoms with Crippen LogP contribution in [-0.2, 0) is 6.42 Å². The third kappa shape index (κ3) is 2.59. The first-order chi connectivity index (χ1) is 10.2. The summed E-state index contributed by atoms with van der Waals surface area (Å²) in [5.41, 5.74) is 6.45. The van der Waals surface area contributed by atoms with Gasteiger partial charge in [-0.25, -0.2) is 0 Å². The average Bonchev–Trinajstić information content (AvgIpc) is 3.16. The lowest BCUT2D eigenvalue weighted by Gasteiger charge is -2.21. The molecule has 0 aliphatic heterocycles. The fraction of sp³-hybridized carbons (Fsp3) is 0.800. The summed E-state index contributed by atoms with van der Waals surface area (Å²) < 4.78 is 1.99. The molecule has 114 valence electrons. The number of nitrogens with two attached hydrogens (primary N) is 1. The van der Waals surface area contributed by atoms with Gasteiger partial charge in [-0.1, -0.05) is 43.4 Å². The third-order valence-corrected chi connectivity index (χ3v) is 6.03. The molecular weight excluding hydrogens is 282 g/mol. The van der Waals surface area contributed by atoms with E-state index in [1.165, 1.54) is 44.9 Å². The Balaban J connectivity index is 1.59. The molecule has 2 fully saturated rings. The molecule has 21 heavy (non-hydrogen) atoms. The van der Waals surface area contributed by atoms with E-state index < -0.39 is 0 Å². The summed E-state index contributed by atoms with van der Waals surface area (Å²) >= 11 is 1.67. The lowest BCUT2D eigenvalue weighted by molar-refractivity contribution is 0.419. The van der Waals surface area contributed by atoms with Gasteiger partial charge in [0.25, 0.3) is 0 Å². The molecule has 0 unspecified atom stereocenters. The van der Waals surface area contributed by atoms with Crippen LogP contribution in [0.5, 0.6) is 0 Å². The molecule has 0 bridgehead atoms. The minimum atomic E-state index is -0.0334.